The van der Waals surface area contributed by atoms with E-state index in [0.717, 1.165) is 0 Å². The maximum Gasteiger partial charge on any atom is 0.317 e. The number of carboxylic acid groups (broad SMARTS) is 1. The van der Waals surface area contributed by atoms with Gasteiger partial charge in [0.15, 0.2) is 0 Å². The fourth-order valence-electron chi connectivity index (χ4n) is 0. The quantitative estimate of drug-likeness (QED) is 0.270. The summed E-state index contributed by atoms with van der Waals surface area (Å²) in [5.41, 5.74) is 4.57. The second-order valence-electron chi connectivity index (χ2n) is 1.41. The molecule has 1 radical (unpaired) electrons. The zero-order valence-electron chi connectivity index (χ0n) is 7.02. The molecule has 0 rings (SSSR count). The molecule has 0 bridgehead atoms. The van der Waals surface area contributed by atoms with Crippen LogP contribution in [0.2, 0.25) is 0 Å². The van der Waals surface area contributed by atoms with Crippen molar-refractivity contribution in [2.75, 3.05) is 6.54 Å². The first-order chi connectivity index (χ1) is 6.27. The third kappa shape index (κ3) is 772. The molecule has 0 amide bonds. The second-order valence-corrected chi connectivity index (χ2v) is 3.05. The average molecular weight is 331 g/mol. The molecule has 105 valence electrons. The van der Waals surface area contributed by atoms with E-state index in [1.54, 1.807) is 0 Å². The molecule has 0 aliphatic carbocycles. The van der Waals surface area contributed by atoms with E-state index in [1.807, 2.05) is 0 Å². The van der Waals surface area contributed by atoms with E-state index < -0.39 is 26.8 Å². The zero-order valence-corrected chi connectivity index (χ0v) is 9.60. The van der Waals surface area contributed by atoms with Gasteiger partial charge in [-0.05, 0) is 0 Å². The largest absolute Gasteiger partial charge is 0.759 e. The fourth-order valence-corrected chi connectivity index (χ4v) is 0. The molecule has 0 saturated heterocycles. The third-order valence-corrected chi connectivity index (χ3v) is 0.175. The Labute approximate surface area is 101 Å². The molecular formula is C2H5CuNO10S2-4. The normalized spacial score (nSPS) is 9.56. The molecule has 0 aromatic rings. The van der Waals surface area contributed by atoms with Crippen LogP contribution in [0.3, 0.4) is 0 Å². The maximum atomic E-state index is 9.24. The summed E-state index contributed by atoms with van der Waals surface area (Å²) < 4.78 is 68.2. The second kappa shape index (κ2) is 11.2. The molecule has 0 aromatic carbocycles. The maximum absolute atomic E-state index is 9.24. The summed E-state index contributed by atoms with van der Waals surface area (Å²) in [4.78, 5) is 9.24. The van der Waals surface area contributed by atoms with Gasteiger partial charge in [0, 0.05) is 37.9 Å². The Balaban J connectivity index is -0.0000000655. The molecule has 0 aromatic heterocycles. The molecular weight excluding hydrogens is 326 g/mol. The van der Waals surface area contributed by atoms with Crippen molar-refractivity contribution >= 4 is 26.8 Å². The third-order valence-electron chi connectivity index (χ3n) is 0.175. The van der Waals surface area contributed by atoms with Crippen molar-refractivity contribution in [2.45, 2.75) is 0 Å². The molecule has 0 spiro atoms. The van der Waals surface area contributed by atoms with E-state index in [1.165, 1.54) is 0 Å². The molecule has 3 N–H and O–H groups in total. The zero-order chi connectivity index (χ0) is 13.3. The van der Waals surface area contributed by atoms with Gasteiger partial charge in [-0.25, -0.2) is 0 Å². The average Bonchev–Trinajstić information content (AvgIpc) is 1.79. The number of nitrogens with two attached hydrogens (primary N) is 1. The van der Waals surface area contributed by atoms with Gasteiger partial charge in [-0.15, -0.1) is 0 Å². The summed E-state index contributed by atoms with van der Waals surface area (Å²) in [6.45, 7) is -0.278. The van der Waals surface area contributed by atoms with E-state index in [2.05, 4.69) is 5.73 Å². The van der Waals surface area contributed by atoms with Gasteiger partial charge in [0.25, 0.3) is 0 Å². The van der Waals surface area contributed by atoms with Gasteiger partial charge >= 0.3 is 5.97 Å². The van der Waals surface area contributed by atoms with Crippen LogP contribution in [0, 0.1) is 0 Å². The van der Waals surface area contributed by atoms with Crippen molar-refractivity contribution < 1.29 is 62.0 Å². The molecule has 0 unspecified atom stereocenters. The number of aliphatic carboxylic acids is 1. The summed E-state index contributed by atoms with van der Waals surface area (Å²) in [6, 6.07) is 0. The minimum Gasteiger partial charge on any atom is -0.759 e. The number of hydrogen-bond donors (Lipinski definition) is 2. The summed E-state index contributed by atoms with van der Waals surface area (Å²) >= 11 is 0. The standard InChI is InChI=1S/C2H5NO2.Cu.2H2O4S/c3-1-2(4)5;;2*1-5(2,3)4/h1,3H2,(H,4,5);;2*(H2,1,2,3,4)/p-4. The van der Waals surface area contributed by atoms with Crippen molar-refractivity contribution in [1.82, 2.24) is 0 Å². The topological polar surface area (TPSA) is 224 Å². The van der Waals surface area contributed by atoms with Gasteiger partial charge in [-0.1, -0.05) is 0 Å². The monoisotopic (exact) mass is 330 g/mol. The van der Waals surface area contributed by atoms with Crippen LogP contribution in [-0.4, -0.2) is 52.7 Å². The predicted molar refractivity (Wildman–Crippen MR) is 37.6 cm³/mol. The molecule has 0 atom stereocenters. The minimum atomic E-state index is -5.17. The van der Waals surface area contributed by atoms with E-state index in [0.29, 0.717) is 0 Å². The summed E-state index contributed by atoms with van der Waals surface area (Å²) in [5, 5.41) is 7.60. The number of carboxylic acids is 1. The molecule has 0 heterocycles. The van der Waals surface area contributed by atoms with Gasteiger partial charge in [0.05, 0.1) is 6.54 Å². The van der Waals surface area contributed by atoms with Crippen LogP contribution in [0.4, 0.5) is 0 Å². The van der Waals surface area contributed by atoms with Crippen LogP contribution in [-0.2, 0) is 42.7 Å². The Morgan fingerprint density at radius 1 is 1.00 bits per heavy atom. The van der Waals surface area contributed by atoms with Gasteiger partial charge in [0.1, 0.15) is 0 Å². The van der Waals surface area contributed by atoms with Crippen molar-refractivity contribution in [1.29, 1.82) is 0 Å². The van der Waals surface area contributed by atoms with E-state index in [9.17, 15) is 4.79 Å². The summed E-state index contributed by atoms with van der Waals surface area (Å²) in [7, 11) is -10.3. The SMILES string of the molecule is NCC(=O)O.O=S(=O)([O-])[O-].O=S(=O)([O-])[O-].[Cu]. The van der Waals surface area contributed by atoms with Crippen molar-refractivity contribution in [3.05, 3.63) is 0 Å². The predicted octanol–water partition coefficient (Wildman–Crippen LogP) is -3.65. The van der Waals surface area contributed by atoms with Crippen LogP contribution in [0.1, 0.15) is 0 Å². The number of hydrogen-bond acceptors (Lipinski definition) is 10. The minimum absolute atomic E-state index is 0. The smallest absolute Gasteiger partial charge is 0.317 e. The summed E-state index contributed by atoms with van der Waals surface area (Å²) in [5.74, 6) is -0.968. The van der Waals surface area contributed by atoms with Gasteiger partial charge in [-0.2, -0.15) is 0 Å². The van der Waals surface area contributed by atoms with Crippen LogP contribution < -0.4 is 5.73 Å². The molecule has 0 aliphatic heterocycles. The number of rotatable bonds is 1. The van der Waals surface area contributed by atoms with Crippen molar-refractivity contribution in [3.8, 4) is 0 Å². The Kier molecular flexibility index (Phi) is 17.3. The molecule has 14 heteroatoms. The van der Waals surface area contributed by atoms with Crippen LogP contribution >= 0.6 is 0 Å². The van der Waals surface area contributed by atoms with E-state index in [-0.39, 0.29) is 23.6 Å². The Morgan fingerprint density at radius 2 is 1.06 bits per heavy atom. The van der Waals surface area contributed by atoms with Crippen LogP contribution in [0.15, 0.2) is 0 Å². The first kappa shape index (κ1) is 24.8. The van der Waals surface area contributed by atoms with Gasteiger partial charge in [-0.3, -0.25) is 21.6 Å². The fraction of sp³-hybridized carbons (Fsp3) is 0.500. The van der Waals surface area contributed by atoms with Gasteiger partial charge in [0.2, 0.25) is 0 Å². The van der Waals surface area contributed by atoms with E-state index >= 15 is 0 Å². The first-order valence-corrected chi connectivity index (χ1v) is 5.19. The first-order valence-electron chi connectivity index (χ1n) is 2.52. The summed E-state index contributed by atoms with van der Waals surface area (Å²) in [6.07, 6.45) is 0. The van der Waals surface area contributed by atoms with Crippen LogP contribution in [0.5, 0.6) is 0 Å². The van der Waals surface area contributed by atoms with Gasteiger partial charge < -0.3 is 29.1 Å². The number of carbonyl (C=O) groups is 1. The Hall–Kier alpha value is -0.311. The van der Waals surface area contributed by atoms with E-state index in [4.69, 9.17) is 40.2 Å². The molecule has 0 saturated carbocycles. The molecule has 16 heavy (non-hydrogen) atoms. The van der Waals surface area contributed by atoms with Crippen molar-refractivity contribution in [2.24, 2.45) is 5.73 Å². The molecule has 0 aliphatic rings. The molecule has 0 fully saturated rings. The Bertz CT molecular complexity index is 310. The van der Waals surface area contributed by atoms with Crippen LogP contribution in [0.25, 0.3) is 0 Å². The Morgan fingerprint density at radius 3 is 1.06 bits per heavy atom. The molecule has 11 nitrogen and oxygen atoms in total. The van der Waals surface area contributed by atoms with Crippen molar-refractivity contribution in [3.63, 3.8) is 0 Å².